The zero-order valence-electron chi connectivity index (χ0n) is 12.2. The number of aromatic carboxylic acids is 1. The van der Waals surface area contributed by atoms with Gasteiger partial charge in [0.25, 0.3) is 0 Å². The summed E-state index contributed by atoms with van der Waals surface area (Å²) >= 11 is 0. The predicted molar refractivity (Wildman–Crippen MR) is 84.5 cm³/mol. The summed E-state index contributed by atoms with van der Waals surface area (Å²) in [6.45, 7) is 0. The lowest BCUT2D eigenvalue weighted by molar-refractivity contribution is 0.0697. The predicted octanol–water partition coefficient (Wildman–Crippen LogP) is 3.35. The third-order valence-corrected chi connectivity index (χ3v) is 3.86. The molecule has 0 atom stereocenters. The lowest BCUT2D eigenvalue weighted by atomic mass is 10.1. The molecule has 0 aliphatic heterocycles. The Labute approximate surface area is 130 Å². The van der Waals surface area contributed by atoms with Gasteiger partial charge in [-0.05, 0) is 36.4 Å². The van der Waals surface area contributed by atoms with E-state index >= 15 is 0 Å². The van der Waals surface area contributed by atoms with Crippen LogP contribution in [0.25, 0.3) is 27.6 Å². The van der Waals surface area contributed by atoms with Crippen LogP contribution in [0.2, 0.25) is 0 Å². The molecule has 0 fully saturated rings. The maximum Gasteiger partial charge on any atom is 0.335 e. The average molecular weight is 309 g/mol. The van der Waals surface area contributed by atoms with Crippen LogP contribution in [0, 0.1) is 5.82 Å². The zero-order chi connectivity index (χ0) is 16.1. The maximum atomic E-state index is 13.6. The summed E-state index contributed by atoms with van der Waals surface area (Å²) in [7, 11) is 1.79. The molecule has 1 N–H and O–H groups in total. The van der Waals surface area contributed by atoms with Crippen molar-refractivity contribution in [3.8, 4) is 5.69 Å². The van der Waals surface area contributed by atoms with Crippen LogP contribution in [0.15, 0.2) is 48.7 Å². The lowest BCUT2D eigenvalue weighted by Crippen LogP contribution is -1.99. The second-order valence-electron chi connectivity index (χ2n) is 5.39. The molecule has 0 aliphatic carbocycles. The van der Waals surface area contributed by atoms with E-state index in [0.717, 1.165) is 16.3 Å². The van der Waals surface area contributed by atoms with Crippen LogP contribution < -0.4 is 0 Å². The fourth-order valence-corrected chi connectivity index (χ4v) is 2.90. The number of carboxylic acid groups (broad SMARTS) is 1. The normalized spacial score (nSPS) is 11.4. The van der Waals surface area contributed by atoms with E-state index in [0.29, 0.717) is 11.3 Å². The number of fused-ring (bicyclic) bond motifs is 3. The SMILES string of the molecule is Cn1cc2c3cc(C(=O)O)ccc3n(-c3cccc(F)c3)c2n1. The van der Waals surface area contributed by atoms with Gasteiger partial charge in [0.05, 0.1) is 16.8 Å². The van der Waals surface area contributed by atoms with E-state index in [1.54, 1.807) is 42.1 Å². The van der Waals surface area contributed by atoms with Crippen molar-refractivity contribution in [2.24, 2.45) is 7.05 Å². The van der Waals surface area contributed by atoms with Crippen LogP contribution in [-0.4, -0.2) is 25.4 Å². The minimum absolute atomic E-state index is 0.208. The van der Waals surface area contributed by atoms with E-state index < -0.39 is 5.97 Å². The summed E-state index contributed by atoms with van der Waals surface area (Å²) in [6.07, 6.45) is 1.83. The van der Waals surface area contributed by atoms with Crippen LogP contribution in [-0.2, 0) is 7.05 Å². The third-order valence-electron chi connectivity index (χ3n) is 3.86. The van der Waals surface area contributed by atoms with Crippen molar-refractivity contribution >= 4 is 27.9 Å². The van der Waals surface area contributed by atoms with E-state index in [9.17, 15) is 14.3 Å². The number of aryl methyl sites for hydroxylation is 1. The molecular formula is C17H12FN3O2. The minimum atomic E-state index is -0.984. The molecular weight excluding hydrogens is 297 g/mol. The molecule has 0 bridgehead atoms. The Bertz CT molecular complexity index is 1080. The molecule has 0 saturated carbocycles. The van der Waals surface area contributed by atoms with Crippen LogP contribution in [0.1, 0.15) is 10.4 Å². The Balaban J connectivity index is 2.14. The fourth-order valence-electron chi connectivity index (χ4n) is 2.90. The van der Waals surface area contributed by atoms with Crippen LogP contribution in [0.4, 0.5) is 4.39 Å². The summed E-state index contributed by atoms with van der Waals surface area (Å²) in [5.74, 6) is -1.32. The Morgan fingerprint density at radius 1 is 1.17 bits per heavy atom. The topological polar surface area (TPSA) is 60.1 Å². The second kappa shape index (κ2) is 4.67. The van der Waals surface area contributed by atoms with Gasteiger partial charge in [0.15, 0.2) is 5.65 Å². The first-order valence-electron chi connectivity index (χ1n) is 7.01. The Morgan fingerprint density at radius 3 is 2.74 bits per heavy atom. The Hall–Kier alpha value is -3.15. The van der Waals surface area contributed by atoms with E-state index in [2.05, 4.69) is 5.10 Å². The number of rotatable bonds is 2. The molecule has 6 heteroatoms. The molecule has 4 rings (SSSR count). The highest BCUT2D eigenvalue weighted by molar-refractivity contribution is 6.09. The smallest absolute Gasteiger partial charge is 0.335 e. The van der Waals surface area contributed by atoms with Crippen molar-refractivity contribution in [1.29, 1.82) is 0 Å². The second-order valence-corrected chi connectivity index (χ2v) is 5.39. The maximum absolute atomic E-state index is 13.6. The lowest BCUT2D eigenvalue weighted by Gasteiger charge is -2.06. The number of aromatic nitrogens is 3. The van der Waals surface area contributed by atoms with Gasteiger partial charge in [0.1, 0.15) is 5.82 Å². The first kappa shape index (κ1) is 13.5. The average Bonchev–Trinajstić information content (AvgIpc) is 3.01. The quantitative estimate of drug-likeness (QED) is 0.617. The molecule has 4 aromatic rings. The van der Waals surface area contributed by atoms with Crippen molar-refractivity contribution in [3.63, 3.8) is 0 Å². The first-order chi connectivity index (χ1) is 11.0. The van der Waals surface area contributed by atoms with E-state index in [1.807, 2.05) is 10.8 Å². The number of nitrogens with zero attached hydrogens (tertiary/aromatic N) is 3. The fraction of sp³-hybridized carbons (Fsp3) is 0.0588. The van der Waals surface area contributed by atoms with Crippen molar-refractivity contribution in [1.82, 2.24) is 14.3 Å². The zero-order valence-corrected chi connectivity index (χ0v) is 12.2. The highest BCUT2D eigenvalue weighted by Crippen LogP contribution is 2.32. The summed E-state index contributed by atoms with van der Waals surface area (Å²) in [5.41, 5.74) is 2.31. The van der Waals surface area contributed by atoms with Crippen LogP contribution in [0.5, 0.6) is 0 Å². The molecule has 0 aliphatic rings. The molecule has 114 valence electrons. The number of benzene rings is 2. The van der Waals surface area contributed by atoms with Crippen molar-refractivity contribution in [3.05, 3.63) is 60.0 Å². The molecule has 0 amide bonds. The van der Waals surface area contributed by atoms with Gasteiger partial charge in [0.2, 0.25) is 0 Å². The van der Waals surface area contributed by atoms with Gasteiger partial charge in [0, 0.05) is 24.0 Å². The van der Waals surface area contributed by atoms with Crippen molar-refractivity contribution in [2.75, 3.05) is 0 Å². The monoisotopic (exact) mass is 309 g/mol. The highest BCUT2D eigenvalue weighted by atomic mass is 19.1. The third kappa shape index (κ3) is 1.99. The highest BCUT2D eigenvalue weighted by Gasteiger charge is 2.17. The number of hydrogen-bond donors (Lipinski definition) is 1. The van der Waals surface area contributed by atoms with Gasteiger partial charge in [-0.1, -0.05) is 6.07 Å². The van der Waals surface area contributed by atoms with Crippen LogP contribution in [0.3, 0.4) is 0 Å². The molecule has 0 radical (unpaired) electrons. The standard InChI is InChI=1S/C17H12FN3O2/c1-20-9-14-13-7-10(17(22)23)5-6-15(13)21(16(14)19-20)12-4-2-3-11(18)8-12/h2-9H,1H3,(H,22,23). The van der Waals surface area contributed by atoms with Crippen molar-refractivity contribution < 1.29 is 14.3 Å². The summed E-state index contributed by atoms with van der Waals surface area (Å²) < 4.78 is 17.1. The Kier molecular flexibility index (Phi) is 2.74. The summed E-state index contributed by atoms with van der Waals surface area (Å²) in [5, 5.41) is 15.2. The molecule has 2 aromatic heterocycles. The van der Waals surface area contributed by atoms with Gasteiger partial charge < -0.3 is 5.11 Å². The number of carboxylic acids is 1. The van der Waals surface area contributed by atoms with Gasteiger partial charge in [-0.15, -0.1) is 0 Å². The van der Waals surface area contributed by atoms with Crippen LogP contribution >= 0.6 is 0 Å². The van der Waals surface area contributed by atoms with Gasteiger partial charge in [-0.3, -0.25) is 9.25 Å². The summed E-state index contributed by atoms with van der Waals surface area (Å²) in [4.78, 5) is 11.2. The van der Waals surface area contributed by atoms with Gasteiger partial charge >= 0.3 is 5.97 Å². The molecule has 0 saturated heterocycles. The first-order valence-corrected chi connectivity index (χ1v) is 7.01. The molecule has 23 heavy (non-hydrogen) atoms. The number of carbonyl (C=O) groups is 1. The van der Waals surface area contributed by atoms with Gasteiger partial charge in [-0.25, -0.2) is 9.18 Å². The Morgan fingerprint density at radius 2 is 2.00 bits per heavy atom. The largest absolute Gasteiger partial charge is 0.478 e. The number of halogens is 1. The van der Waals surface area contributed by atoms with Gasteiger partial charge in [-0.2, -0.15) is 5.10 Å². The molecule has 2 heterocycles. The molecule has 0 unspecified atom stereocenters. The molecule has 5 nitrogen and oxygen atoms in total. The van der Waals surface area contributed by atoms with E-state index in [4.69, 9.17) is 0 Å². The minimum Gasteiger partial charge on any atom is -0.478 e. The molecule has 0 spiro atoms. The van der Waals surface area contributed by atoms with E-state index in [-0.39, 0.29) is 11.4 Å². The number of hydrogen-bond acceptors (Lipinski definition) is 2. The van der Waals surface area contributed by atoms with E-state index in [1.165, 1.54) is 12.1 Å². The van der Waals surface area contributed by atoms with Crippen molar-refractivity contribution in [2.45, 2.75) is 0 Å². The molecule has 2 aromatic carbocycles. The summed E-state index contributed by atoms with van der Waals surface area (Å²) in [6, 6.07) is 11.1.